The normalized spacial score (nSPS) is 12.0. The van der Waals surface area contributed by atoms with Crippen LogP contribution in [0.15, 0.2) is 48.5 Å². The van der Waals surface area contributed by atoms with Crippen LogP contribution in [0.1, 0.15) is 18.5 Å². The lowest BCUT2D eigenvalue weighted by molar-refractivity contribution is -0.115. The van der Waals surface area contributed by atoms with Gasteiger partial charge >= 0.3 is 0 Å². The zero-order valence-electron chi connectivity index (χ0n) is 11.6. The Labute approximate surface area is 134 Å². The Morgan fingerprint density at radius 1 is 1.14 bits per heavy atom. The van der Waals surface area contributed by atoms with Crippen LogP contribution >= 0.6 is 23.2 Å². The van der Waals surface area contributed by atoms with Crippen molar-refractivity contribution < 1.29 is 4.79 Å². The molecule has 0 aliphatic carbocycles. The summed E-state index contributed by atoms with van der Waals surface area (Å²) in [4.78, 5) is 11.9. The third-order valence-corrected chi connectivity index (χ3v) is 3.62. The fourth-order valence-corrected chi connectivity index (χ4v) is 2.51. The highest BCUT2D eigenvalue weighted by Crippen LogP contribution is 2.25. The van der Waals surface area contributed by atoms with E-state index in [0.717, 1.165) is 11.3 Å². The fourth-order valence-electron chi connectivity index (χ4n) is 1.94. The van der Waals surface area contributed by atoms with Gasteiger partial charge in [0.05, 0.1) is 6.54 Å². The van der Waals surface area contributed by atoms with Crippen molar-refractivity contribution in [2.45, 2.75) is 13.0 Å². The topological polar surface area (TPSA) is 41.1 Å². The lowest BCUT2D eigenvalue weighted by atomic mass is 10.1. The van der Waals surface area contributed by atoms with Crippen molar-refractivity contribution in [3.63, 3.8) is 0 Å². The van der Waals surface area contributed by atoms with Crippen molar-refractivity contribution in [2.75, 3.05) is 11.9 Å². The summed E-state index contributed by atoms with van der Waals surface area (Å²) >= 11 is 12.0. The predicted molar refractivity (Wildman–Crippen MR) is 88.0 cm³/mol. The van der Waals surface area contributed by atoms with Gasteiger partial charge in [0.15, 0.2) is 0 Å². The summed E-state index contributed by atoms with van der Waals surface area (Å²) in [6.07, 6.45) is 0. The third kappa shape index (κ3) is 4.74. The molecule has 0 fully saturated rings. The number of hydrogen-bond donors (Lipinski definition) is 2. The van der Waals surface area contributed by atoms with E-state index in [1.165, 1.54) is 0 Å². The lowest BCUT2D eigenvalue weighted by Gasteiger charge is -2.15. The number of para-hydroxylation sites is 1. The Hall–Kier alpha value is -1.55. The number of hydrogen-bond acceptors (Lipinski definition) is 2. The maximum Gasteiger partial charge on any atom is 0.238 e. The minimum atomic E-state index is -0.0989. The first-order chi connectivity index (χ1) is 10.1. The molecule has 0 unspecified atom stereocenters. The largest absolute Gasteiger partial charge is 0.325 e. The third-order valence-electron chi connectivity index (χ3n) is 3.06. The second kappa shape index (κ2) is 7.46. The summed E-state index contributed by atoms with van der Waals surface area (Å²) < 4.78 is 0. The van der Waals surface area contributed by atoms with Crippen LogP contribution in [0.3, 0.4) is 0 Å². The highest BCUT2D eigenvalue weighted by molar-refractivity contribution is 6.35. The van der Waals surface area contributed by atoms with Crippen LogP contribution in [0.25, 0.3) is 0 Å². The molecule has 0 radical (unpaired) electrons. The maximum atomic E-state index is 11.9. The van der Waals surface area contributed by atoms with Crippen LogP contribution < -0.4 is 10.6 Å². The number of anilines is 1. The lowest BCUT2D eigenvalue weighted by Crippen LogP contribution is -2.30. The summed E-state index contributed by atoms with van der Waals surface area (Å²) in [5, 5.41) is 7.14. The molecule has 0 bridgehead atoms. The average Bonchev–Trinajstić information content (AvgIpc) is 2.46. The Bertz CT molecular complexity index is 617. The number of amides is 1. The summed E-state index contributed by atoms with van der Waals surface area (Å²) in [5.41, 5.74) is 1.69. The zero-order chi connectivity index (χ0) is 15.2. The molecule has 2 rings (SSSR count). The van der Waals surface area contributed by atoms with Gasteiger partial charge < -0.3 is 10.6 Å². The second-order valence-corrected chi connectivity index (χ2v) is 5.53. The maximum absolute atomic E-state index is 11.9. The zero-order valence-corrected chi connectivity index (χ0v) is 13.1. The van der Waals surface area contributed by atoms with Crippen molar-refractivity contribution in [3.8, 4) is 0 Å². The van der Waals surface area contributed by atoms with Crippen LogP contribution in [-0.4, -0.2) is 12.5 Å². The summed E-state index contributed by atoms with van der Waals surface area (Å²) in [6, 6.07) is 14.6. The average molecular weight is 323 g/mol. The number of nitrogens with one attached hydrogen (secondary N) is 2. The monoisotopic (exact) mass is 322 g/mol. The Kier molecular flexibility index (Phi) is 5.62. The molecule has 2 aromatic carbocycles. The fraction of sp³-hybridized carbons (Fsp3) is 0.188. The molecule has 5 heteroatoms. The Morgan fingerprint density at radius 2 is 1.86 bits per heavy atom. The number of carbonyl (C=O) groups is 1. The van der Waals surface area contributed by atoms with Gasteiger partial charge in [-0.3, -0.25) is 4.79 Å². The van der Waals surface area contributed by atoms with Crippen molar-refractivity contribution >= 4 is 34.8 Å². The molecule has 3 nitrogen and oxygen atoms in total. The predicted octanol–water partition coefficient (Wildman–Crippen LogP) is 4.28. The van der Waals surface area contributed by atoms with Gasteiger partial charge in [-0.2, -0.15) is 0 Å². The van der Waals surface area contributed by atoms with Gasteiger partial charge in [-0.25, -0.2) is 0 Å². The highest BCUT2D eigenvalue weighted by atomic mass is 35.5. The molecule has 110 valence electrons. The standard InChI is InChI=1S/C16H16Cl2N2O/c1-11(14-8-7-12(17)9-15(14)18)19-10-16(21)20-13-5-3-2-4-6-13/h2-9,11,19H,10H2,1H3,(H,20,21)/t11-/m0/s1. The molecule has 1 atom stereocenters. The van der Waals surface area contributed by atoms with Crippen molar-refractivity contribution in [1.82, 2.24) is 5.32 Å². The molecule has 21 heavy (non-hydrogen) atoms. The molecular weight excluding hydrogens is 307 g/mol. The smallest absolute Gasteiger partial charge is 0.238 e. The Balaban J connectivity index is 1.89. The summed E-state index contributed by atoms with van der Waals surface area (Å²) in [5.74, 6) is -0.0989. The first-order valence-electron chi connectivity index (χ1n) is 6.59. The number of rotatable bonds is 5. The van der Waals surface area contributed by atoms with Gasteiger partial charge in [0.2, 0.25) is 5.91 Å². The van der Waals surface area contributed by atoms with E-state index in [9.17, 15) is 4.79 Å². The van der Waals surface area contributed by atoms with Crippen LogP contribution in [0.5, 0.6) is 0 Å². The quantitative estimate of drug-likeness (QED) is 0.862. The van der Waals surface area contributed by atoms with Gasteiger partial charge in [-0.15, -0.1) is 0 Å². The molecule has 0 aliphatic rings. The van der Waals surface area contributed by atoms with Crippen molar-refractivity contribution in [1.29, 1.82) is 0 Å². The van der Waals surface area contributed by atoms with E-state index in [4.69, 9.17) is 23.2 Å². The van der Waals surface area contributed by atoms with Crippen LogP contribution in [0.2, 0.25) is 10.0 Å². The van der Waals surface area contributed by atoms with E-state index in [-0.39, 0.29) is 18.5 Å². The second-order valence-electron chi connectivity index (χ2n) is 4.68. The van der Waals surface area contributed by atoms with Crippen LogP contribution in [-0.2, 0) is 4.79 Å². The number of carbonyl (C=O) groups excluding carboxylic acids is 1. The van der Waals surface area contributed by atoms with Gasteiger partial charge in [-0.05, 0) is 36.8 Å². The van der Waals surface area contributed by atoms with E-state index >= 15 is 0 Å². The molecule has 2 aromatic rings. The molecule has 0 heterocycles. The van der Waals surface area contributed by atoms with E-state index in [2.05, 4.69) is 10.6 Å². The molecule has 0 aromatic heterocycles. The first-order valence-corrected chi connectivity index (χ1v) is 7.35. The summed E-state index contributed by atoms with van der Waals surface area (Å²) in [7, 11) is 0. The minimum Gasteiger partial charge on any atom is -0.325 e. The minimum absolute atomic E-state index is 0.0451. The molecule has 1 amide bonds. The number of benzene rings is 2. The summed E-state index contributed by atoms with van der Waals surface area (Å²) in [6.45, 7) is 2.15. The molecule has 0 aliphatic heterocycles. The van der Waals surface area contributed by atoms with Gasteiger partial charge in [0.1, 0.15) is 0 Å². The molecule has 2 N–H and O–H groups in total. The highest BCUT2D eigenvalue weighted by Gasteiger charge is 2.11. The van der Waals surface area contributed by atoms with Gasteiger partial charge in [-0.1, -0.05) is 47.5 Å². The van der Waals surface area contributed by atoms with Gasteiger partial charge in [0.25, 0.3) is 0 Å². The van der Waals surface area contributed by atoms with E-state index in [0.29, 0.717) is 10.0 Å². The van der Waals surface area contributed by atoms with E-state index < -0.39 is 0 Å². The van der Waals surface area contributed by atoms with Crippen LogP contribution in [0, 0.1) is 0 Å². The molecule has 0 saturated carbocycles. The van der Waals surface area contributed by atoms with E-state index in [1.54, 1.807) is 12.1 Å². The molecule has 0 saturated heterocycles. The number of halogens is 2. The van der Waals surface area contributed by atoms with Crippen LogP contribution in [0.4, 0.5) is 5.69 Å². The SMILES string of the molecule is C[C@H](NCC(=O)Nc1ccccc1)c1ccc(Cl)cc1Cl. The van der Waals surface area contributed by atoms with Crippen molar-refractivity contribution in [3.05, 3.63) is 64.1 Å². The Morgan fingerprint density at radius 3 is 2.52 bits per heavy atom. The van der Waals surface area contributed by atoms with E-state index in [1.807, 2.05) is 43.3 Å². The molecular formula is C16H16Cl2N2O. The van der Waals surface area contributed by atoms with Gasteiger partial charge in [0, 0.05) is 21.8 Å². The first kappa shape index (κ1) is 15.8. The molecule has 0 spiro atoms. The van der Waals surface area contributed by atoms with Crippen molar-refractivity contribution in [2.24, 2.45) is 0 Å².